The second-order valence-corrected chi connectivity index (χ2v) is 11.9. The Morgan fingerprint density at radius 1 is 0.935 bits per heavy atom. The smallest absolute Gasteiger partial charge is 0.350 e. The van der Waals surface area contributed by atoms with Gasteiger partial charge in [0.2, 0.25) is 0 Å². The van der Waals surface area contributed by atoms with Gasteiger partial charge in [-0.25, -0.2) is 9.78 Å². The summed E-state index contributed by atoms with van der Waals surface area (Å²) in [4.78, 5) is 45.5. The van der Waals surface area contributed by atoms with Gasteiger partial charge in [-0.3, -0.25) is 14.5 Å². The van der Waals surface area contributed by atoms with Gasteiger partial charge in [0.15, 0.2) is 5.13 Å². The van der Waals surface area contributed by atoms with Crippen LogP contribution in [0.1, 0.15) is 69.8 Å². The van der Waals surface area contributed by atoms with Gasteiger partial charge in [-0.05, 0) is 73.4 Å². The molecule has 3 aromatic carbocycles. The summed E-state index contributed by atoms with van der Waals surface area (Å²) < 4.78 is 16.7. The molecule has 0 saturated carbocycles. The number of rotatable bonds is 12. The van der Waals surface area contributed by atoms with Crippen LogP contribution in [-0.4, -0.2) is 41.5 Å². The number of aryl methyl sites for hydroxylation is 2. The first-order valence-electron chi connectivity index (χ1n) is 15.1. The molecule has 2 heterocycles. The lowest BCUT2D eigenvalue weighted by atomic mass is 9.95. The second-order valence-electron chi connectivity index (χ2n) is 10.9. The van der Waals surface area contributed by atoms with Crippen LogP contribution in [0.2, 0.25) is 0 Å². The maximum absolute atomic E-state index is 13.6. The van der Waals surface area contributed by atoms with Crippen LogP contribution in [0.5, 0.6) is 11.5 Å². The molecule has 1 N–H and O–H groups in total. The first kappa shape index (κ1) is 32.4. The van der Waals surface area contributed by atoms with Crippen LogP contribution >= 0.6 is 11.3 Å². The van der Waals surface area contributed by atoms with Gasteiger partial charge in [0.25, 0.3) is 5.78 Å². The fourth-order valence-electron chi connectivity index (χ4n) is 5.20. The summed E-state index contributed by atoms with van der Waals surface area (Å²) in [6, 6.07) is 20.7. The number of thiazole rings is 1. The molecule has 1 amide bonds. The van der Waals surface area contributed by atoms with E-state index in [-0.39, 0.29) is 21.3 Å². The molecule has 238 valence electrons. The average molecular weight is 641 g/mol. The maximum Gasteiger partial charge on any atom is 0.350 e. The van der Waals surface area contributed by atoms with E-state index in [1.165, 1.54) is 12.0 Å². The molecular formula is C36H36N2O7S. The third-order valence-corrected chi connectivity index (χ3v) is 8.94. The number of aromatic nitrogens is 1. The number of anilines is 1. The topological polar surface area (TPSA) is 115 Å². The molecule has 0 bridgehead atoms. The first-order chi connectivity index (χ1) is 22.2. The fourth-order valence-corrected chi connectivity index (χ4v) is 6.21. The van der Waals surface area contributed by atoms with Crippen LogP contribution in [0.15, 0.2) is 78.4 Å². The minimum absolute atomic E-state index is 0.0948. The van der Waals surface area contributed by atoms with Crippen molar-refractivity contribution in [2.45, 2.75) is 52.7 Å². The van der Waals surface area contributed by atoms with E-state index in [0.717, 1.165) is 41.7 Å². The Morgan fingerprint density at radius 3 is 2.28 bits per heavy atom. The lowest BCUT2D eigenvalue weighted by molar-refractivity contribution is -0.132. The van der Waals surface area contributed by atoms with E-state index in [2.05, 4.69) is 11.9 Å². The molecule has 1 fully saturated rings. The lowest BCUT2D eigenvalue weighted by Gasteiger charge is -2.23. The Bertz CT molecular complexity index is 1760. The second kappa shape index (κ2) is 14.4. The van der Waals surface area contributed by atoms with Crippen molar-refractivity contribution in [3.63, 3.8) is 0 Å². The number of carbonyl (C=O) groups is 3. The number of carbonyl (C=O) groups excluding carboxylic acids is 3. The molecule has 1 unspecified atom stereocenters. The van der Waals surface area contributed by atoms with E-state index < -0.39 is 23.7 Å². The zero-order chi connectivity index (χ0) is 32.8. The number of Topliss-reactive ketones (excluding diaryl/α,β-unsaturated/α-hetero) is 1. The highest BCUT2D eigenvalue weighted by atomic mass is 32.1. The summed E-state index contributed by atoms with van der Waals surface area (Å²) in [5.41, 5.74) is 3.35. The summed E-state index contributed by atoms with van der Waals surface area (Å²) in [5.74, 6) is -1.43. The molecule has 4 aromatic rings. The van der Waals surface area contributed by atoms with Crippen molar-refractivity contribution in [1.82, 2.24) is 4.98 Å². The van der Waals surface area contributed by atoms with Crippen LogP contribution in [-0.2, 0) is 20.9 Å². The summed E-state index contributed by atoms with van der Waals surface area (Å²) in [6.07, 6.45) is 3.07. The van der Waals surface area contributed by atoms with E-state index in [0.29, 0.717) is 41.5 Å². The van der Waals surface area contributed by atoms with E-state index in [1.54, 1.807) is 55.5 Å². The van der Waals surface area contributed by atoms with Crippen LogP contribution in [0.4, 0.5) is 5.13 Å². The molecule has 0 aliphatic carbocycles. The number of aliphatic hydroxyl groups is 1. The van der Waals surface area contributed by atoms with Gasteiger partial charge in [0, 0.05) is 5.56 Å². The number of ketones is 1. The third kappa shape index (κ3) is 6.82. The number of amides is 1. The predicted molar refractivity (Wildman–Crippen MR) is 176 cm³/mol. The molecule has 1 aromatic heterocycles. The molecule has 9 nitrogen and oxygen atoms in total. The zero-order valence-corrected chi connectivity index (χ0v) is 27.1. The van der Waals surface area contributed by atoms with E-state index >= 15 is 0 Å². The number of esters is 1. The summed E-state index contributed by atoms with van der Waals surface area (Å²) in [5, 5.41) is 11.7. The van der Waals surface area contributed by atoms with Crippen LogP contribution in [0.3, 0.4) is 0 Å². The maximum atomic E-state index is 13.6. The zero-order valence-electron chi connectivity index (χ0n) is 26.2. The highest BCUT2D eigenvalue weighted by Gasteiger charge is 2.48. The van der Waals surface area contributed by atoms with Crippen molar-refractivity contribution >= 4 is 39.9 Å². The average Bonchev–Trinajstić information content (AvgIpc) is 3.58. The van der Waals surface area contributed by atoms with Crippen molar-refractivity contribution in [3.05, 3.63) is 111 Å². The van der Waals surface area contributed by atoms with Gasteiger partial charge in [0.05, 0.1) is 31.0 Å². The Hall–Kier alpha value is -4.96. The largest absolute Gasteiger partial charge is 0.507 e. The number of unbranched alkanes of at least 4 members (excludes halogenated alkanes) is 2. The molecule has 1 saturated heterocycles. The van der Waals surface area contributed by atoms with Gasteiger partial charge >= 0.3 is 11.9 Å². The molecule has 46 heavy (non-hydrogen) atoms. The molecule has 1 aliphatic rings. The SMILES string of the molecule is CCCCCOc1ccc(C2/C(=C(\O)c3ccc(OCc4ccccc4C)cc3)C(=O)C(=O)N2c2nc(C)c(C(=O)OC)s2)cc1. The number of aliphatic hydroxyl groups excluding tert-OH is 1. The van der Waals surface area contributed by atoms with Gasteiger partial charge in [-0.15, -0.1) is 0 Å². The van der Waals surface area contributed by atoms with E-state index in [9.17, 15) is 19.5 Å². The fraction of sp³-hybridized carbons (Fsp3) is 0.278. The quantitative estimate of drug-likeness (QED) is 0.0563. The highest BCUT2D eigenvalue weighted by molar-refractivity contribution is 7.17. The van der Waals surface area contributed by atoms with Gasteiger partial charge in [-0.1, -0.05) is 67.5 Å². The Kier molecular flexibility index (Phi) is 10.2. The molecule has 10 heteroatoms. The van der Waals surface area contributed by atoms with Crippen molar-refractivity contribution in [2.75, 3.05) is 18.6 Å². The van der Waals surface area contributed by atoms with Crippen LogP contribution in [0.25, 0.3) is 5.76 Å². The van der Waals surface area contributed by atoms with Gasteiger partial charge < -0.3 is 19.3 Å². The number of nitrogens with zero attached hydrogens (tertiary/aromatic N) is 2. The highest BCUT2D eigenvalue weighted by Crippen LogP contribution is 2.44. The van der Waals surface area contributed by atoms with Gasteiger partial charge in [-0.2, -0.15) is 0 Å². The Balaban J connectivity index is 1.50. The normalized spacial score (nSPS) is 15.7. The van der Waals surface area contributed by atoms with Gasteiger partial charge in [0.1, 0.15) is 28.7 Å². The van der Waals surface area contributed by atoms with Crippen molar-refractivity contribution in [2.24, 2.45) is 0 Å². The Morgan fingerprint density at radius 2 is 1.61 bits per heavy atom. The number of hydrogen-bond acceptors (Lipinski definition) is 9. The lowest BCUT2D eigenvalue weighted by Crippen LogP contribution is -2.29. The molecule has 1 atom stereocenters. The standard InChI is InChI=1S/C36H36N2O7S/c1-5-6-9-20-44-27-16-12-24(13-17-27)30-29(32(40)34(41)38(30)36-37-23(3)33(46-36)35(42)43-4)31(39)25-14-18-28(19-15-25)45-21-26-11-8-7-10-22(26)2/h7-8,10-19,30,39H,5-6,9,20-21H2,1-4H3/b31-29+. The number of benzene rings is 3. The summed E-state index contributed by atoms with van der Waals surface area (Å²) in [6.45, 7) is 6.72. The number of hydrogen-bond donors (Lipinski definition) is 1. The van der Waals surface area contributed by atoms with Crippen molar-refractivity contribution in [1.29, 1.82) is 0 Å². The van der Waals surface area contributed by atoms with E-state index in [1.807, 2.05) is 31.2 Å². The van der Waals surface area contributed by atoms with E-state index in [4.69, 9.17) is 14.2 Å². The summed E-state index contributed by atoms with van der Waals surface area (Å²) in [7, 11) is 1.26. The number of ether oxygens (including phenoxy) is 3. The number of methoxy groups -OCH3 is 1. The van der Waals surface area contributed by atoms with Crippen LogP contribution < -0.4 is 14.4 Å². The minimum Gasteiger partial charge on any atom is -0.507 e. The molecule has 0 radical (unpaired) electrons. The summed E-state index contributed by atoms with van der Waals surface area (Å²) >= 11 is 0.950. The monoisotopic (exact) mass is 640 g/mol. The Labute approximate surface area is 272 Å². The molecule has 5 rings (SSSR count). The first-order valence-corrected chi connectivity index (χ1v) is 15.9. The minimum atomic E-state index is -1.01. The molecule has 1 aliphatic heterocycles. The molecule has 0 spiro atoms. The van der Waals surface area contributed by atoms with Crippen molar-refractivity contribution in [3.8, 4) is 11.5 Å². The van der Waals surface area contributed by atoms with Crippen LogP contribution in [0, 0.1) is 13.8 Å². The third-order valence-electron chi connectivity index (χ3n) is 7.80. The predicted octanol–water partition coefficient (Wildman–Crippen LogP) is 7.32. The molecular weight excluding hydrogens is 604 g/mol. The van der Waals surface area contributed by atoms with Crippen molar-refractivity contribution < 1.29 is 33.7 Å².